The number of hydrogen-bond donors (Lipinski definition) is 0. The minimum atomic E-state index is -0.212. The first-order valence-corrected chi connectivity index (χ1v) is 6.27. The molecule has 1 heterocycles. The van der Waals surface area contributed by atoms with E-state index in [-0.39, 0.29) is 11.9 Å². The van der Waals surface area contributed by atoms with Crippen LogP contribution in [0.3, 0.4) is 0 Å². The van der Waals surface area contributed by atoms with Gasteiger partial charge in [0.05, 0.1) is 6.61 Å². The molecule has 0 bridgehead atoms. The molecule has 0 atom stereocenters. The van der Waals surface area contributed by atoms with Crippen LogP contribution in [0.15, 0.2) is 0 Å². The number of rotatable bonds is 5. The van der Waals surface area contributed by atoms with E-state index in [1.807, 2.05) is 6.92 Å². The maximum absolute atomic E-state index is 11.4. The van der Waals surface area contributed by atoms with Gasteiger partial charge in [-0.15, -0.1) is 0 Å². The fourth-order valence-electron chi connectivity index (χ4n) is 1.92. The Hall–Kier alpha value is -1.10. The highest BCUT2D eigenvalue weighted by molar-refractivity contribution is 5.75. The summed E-state index contributed by atoms with van der Waals surface area (Å²) in [6.45, 7) is 7.99. The third kappa shape index (κ3) is 5.17. The van der Waals surface area contributed by atoms with E-state index in [2.05, 4.69) is 4.90 Å². The minimum absolute atomic E-state index is 0.212. The molecular formula is C12H22N2O3. The van der Waals surface area contributed by atoms with Crippen LogP contribution in [0, 0.1) is 0 Å². The van der Waals surface area contributed by atoms with Gasteiger partial charge in [0.25, 0.3) is 0 Å². The molecule has 0 aromatic heterocycles. The Morgan fingerprint density at radius 3 is 2.35 bits per heavy atom. The second kappa shape index (κ2) is 7.27. The van der Waals surface area contributed by atoms with Crippen LogP contribution < -0.4 is 0 Å². The molecule has 0 saturated carbocycles. The van der Waals surface area contributed by atoms with Crippen LogP contribution in [-0.4, -0.2) is 61.0 Å². The Kier molecular flexibility index (Phi) is 5.97. The number of carbonyl (C=O) groups excluding carboxylic acids is 2. The highest BCUT2D eigenvalue weighted by Gasteiger charge is 2.21. The summed E-state index contributed by atoms with van der Waals surface area (Å²) in [5.74, 6) is 0.246. The summed E-state index contributed by atoms with van der Waals surface area (Å²) in [5.41, 5.74) is 0. The number of ether oxygens (including phenoxy) is 1. The van der Waals surface area contributed by atoms with Gasteiger partial charge >= 0.3 is 6.09 Å². The zero-order chi connectivity index (χ0) is 12.7. The molecule has 0 aliphatic carbocycles. The van der Waals surface area contributed by atoms with Gasteiger partial charge in [0.1, 0.15) is 5.78 Å². The Bertz CT molecular complexity index is 260. The Labute approximate surface area is 103 Å². The molecule has 0 radical (unpaired) electrons. The molecule has 98 valence electrons. The van der Waals surface area contributed by atoms with E-state index in [1.54, 1.807) is 11.8 Å². The molecule has 1 amide bonds. The summed E-state index contributed by atoms with van der Waals surface area (Å²) >= 11 is 0. The van der Waals surface area contributed by atoms with Gasteiger partial charge in [-0.05, 0) is 26.8 Å². The summed E-state index contributed by atoms with van der Waals surface area (Å²) in [5, 5.41) is 0. The number of piperazine rings is 1. The van der Waals surface area contributed by atoms with E-state index in [0.29, 0.717) is 13.0 Å². The molecule has 1 aliphatic heterocycles. The average Bonchev–Trinajstić information content (AvgIpc) is 2.30. The quantitative estimate of drug-likeness (QED) is 0.725. The molecule has 0 unspecified atom stereocenters. The van der Waals surface area contributed by atoms with E-state index in [1.165, 1.54) is 0 Å². The van der Waals surface area contributed by atoms with Crippen LogP contribution in [0.2, 0.25) is 0 Å². The molecule has 17 heavy (non-hydrogen) atoms. The molecule has 1 rings (SSSR count). The smallest absolute Gasteiger partial charge is 0.409 e. The van der Waals surface area contributed by atoms with Crippen molar-refractivity contribution in [3.63, 3.8) is 0 Å². The van der Waals surface area contributed by atoms with Crippen LogP contribution in [0.4, 0.5) is 4.79 Å². The zero-order valence-corrected chi connectivity index (χ0v) is 10.8. The number of nitrogens with zero attached hydrogens (tertiary/aromatic N) is 2. The standard InChI is InChI=1S/C12H22N2O3/c1-3-17-12(16)14-9-7-13(8-10-14)6-4-5-11(2)15/h3-10H2,1-2H3. The van der Waals surface area contributed by atoms with Crippen molar-refractivity contribution in [1.29, 1.82) is 0 Å². The number of hydrogen-bond acceptors (Lipinski definition) is 4. The van der Waals surface area contributed by atoms with Crippen LogP contribution in [0.25, 0.3) is 0 Å². The zero-order valence-electron chi connectivity index (χ0n) is 10.8. The molecule has 5 heteroatoms. The molecular weight excluding hydrogens is 220 g/mol. The van der Waals surface area contributed by atoms with Crippen molar-refractivity contribution in [2.75, 3.05) is 39.3 Å². The maximum Gasteiger partial charge on any atom is 0.409 e. The van der Waals surface area contributed by atoms with Crippen molar-refractivity contribution in [2.45, 2.75) is 26.7 Å². The summed E-state index contributed by atoms with van der Waals surface area (Å²) in [6.07, 6.45) is 1.35. The highest BCUT2D eigenvalue weighted by atomic mass is 16.6. The van der Waals surface area contributed by atoms with E-state index < -0.39 is 0 Å². The monoisotopic (exact) mass is 242 g/mol. The van der Waals surface area contributed by atoms with Crippen LogP contribution in [0.5, 0.6) is 0 Å². The third-order valence-electron chi connectivity index (χ3n) is 2.90. The predicted octanol–water partition coefficient (Wildman–Crippen LogP) is 1.13. The first kappa shape index (κ1) is 14.0. The van der Waals surface area contributed by atoms with Gasteiger partial charge in [-0.3, -0.25) is 4.90 Å². The molecule has 1 saturated heterocycles. The summed E-state index contributed by atoms with van der Waals surface area (Å²) in [4.78, 5) is 26.3. The van der Waals surface area contributed by atoms with Gasteiger partial charge < -0.3 is 14.4 Å². The Balaban J connectivity index is 2.17. The second-order valence-electron chi connectivity index (χ2n) is 4.33. The minimum Gasteiger partial charge on any atom is -0.450 e. The van der Waals surface area contributed by atoms with Crippen LogP contribution in [-0.2, 0) is 9.53 Å². The van der Waals surface area contributed by atoms with Gasteiger partial charge in [-0.2, -0.15) is 0 Å². The van der Waals surface area contributed by atoms with E-state index in [0.717, 1.165) is 39.1 Å². The number of ketones is 1. The molecule has 0 N–H and O–H groups in total. The Morgan fingerprint density at radius 2 is 1.82 bits per heavy atom. The number of carbonyl (C=O) groups is 2. The highest BCUT2D eigenvalue weighted by Crippen LogP contribution is 2.05. The predicted molar refractivity (Wildman–Crippen MR) is 65.0 cm³/mol. The van der Waals surface area contributed by atoms with Crippen molar-refractivity contribution in [2.24, 2.45) is 0 Å². The largest absolute Gasteiger partial charge is 0.450 e. The number of Topliss-reactive ketones (excluding diaryl/α,β-unsaturated/α-hetero) is 1. The summed E-state index contributed by atoms with van der Waals surface area (Å²) < 4.78 is 4.95. The van der Waals surface area contributed by atoms with Gasteiger partial charge in [-0.1, -0.05) is 0 Å². The molecule has 1 fully saturated rings. The molecule has 1 aliphatic rings. The Morgan fingerprint density at radius 1 is 1.18 bits per heavy atom. The topological polar surface area (TPSA) is 49.9 Å². The lowest BCUT2D eigenvalue weighted by Crippen LogP contribution is -2.49. The van der Waals surface area contributed by atoms with Gasteiger partial charge in [-0.25, -0.2) is 4.79 Å². The lowest BCUT2D eigenvalue weighted by molar-refractivity contribution is -0.117. The van der Waals surface area contributed by atoms with Gasteiger partial charge in [0.2, 0.25) is 0 Å². The van der Waals surface area contributed by atoms with Gasteiger partial charge in [0, 0.05) is 32.6 Å². The molecule has 0 aromatic rings. The summed E-state index contributed by atoms with van der Waals surface area (Å²) in [7, 11) is 0. The van der Waals surface area contributed by atoms with Crippen molar-refractivity contribution in [3.8, 4) is 0 Å². The second-order valence-corrected chi connectivity index (χ2v) is 4.33. The fourth-order valence-corrected chi connectivity index (χ4v) is 1.92. The van der Waals surface area contributed by atoms with Crippen molar-refractivity contribution < 1.29 is 14.3 Å². The van der Waals surface area contributed by atoms with Gasteiger partial charge in [0.15, 0.2) is 0 Å². The van der Waals surface area contributed by atoms with E-state index in [9.17, 15) is 9.59 Å². The molecule has 0 spiro atoms. The maximum atomic E-state index is 11.4. The molecule has 0 aromatic carbocycles. The third-order valence-corrected chi connectivity index (χ3v) is 2.90. The van der Waals surface area contributed by atoms with E-state index in [4.69, 9.17) is 4.74 Å². The first-order chi connectivity index (χ1) is 8.13. The van der Waals surface area contributed by atoms with Crippen LogP contribution >= 0.6 is 0 Å². The summed E-state index contributed by atoms with van der Waals surface area (Å²) in [6, 6.07) is 0. The lowest BCUT2D eigenvalue weighted by Gasteiger charge is -2.33. The van der Waals surface area contributed by atoms with Crippen molar-refractivity contribution >= 4 is 11.9 Å². The SMILES string of the molecule is CCOC(=O)N1CCN(CCCC(C)=O)CC1. The first-order valence-electron chi connectivity index (χ1n) is 6.27. The van der Waals surface area contributed by atoms with Crippen LogP contribution in [0.1, 0.15) is 26.7 Å². The van der Waals surface area contributed by atoms with Crippen molar-refractivity contribution in [1.82, 2.24) is 9.80 Å². The average molecular weight is 242 g/mol. The fraction of sp³-hybridized carbons (Fsp3) is 0.833. The lowest BCUT2D eigenvalue weighted by atomic mass is 10.2. The molecule has 5 nitrogen and oxygen atoms in total. The number of amides is 1. The normalized spacial score (nSPS) is 16.9. The van der Waals surface area contributed by atoms with E-state index >= 15 is 0 Å². The van der Waals surface area contributed by atoms with Crippen molar-refractivity contribution in [3.05, 3.63) is 0 Å².